The number of benzene rings is 1. The minimum absolute atomic E-state index is 0.122. The van der Waals surface area contributed by atoms with Gasteiger partial charge in [0.2, 0.25) is 5.91 Å². The molecule has 0 aliphatic rings. The molecule has 0 bridgehead atoms. The Balaban J connectivity index is 1.81. The van der Waals surface area contributed by atoms with E-state index in [9.17, 15) is 9.59 Å². The molecular formula is C18H21N5O2S. The van der Waals surface area contributed by atoms with Gasteiger partial charge in [-0.3, -0.25) is 14.2 Å². The summed E-state index contributed by atoms with van der Waals surface area (Å²) in [5.41, 5.74) is 0.507. The van der Waals surface area contributed by atoms with Crippen molar-refractivity contribution in [1.29, 1.82) is 0 Å². The molecular weight excluding hydrogens is 350 g/mol. The number of aromatic nitrogens is 4. The van der Waals surface area contributed by atoms with Crippen LogP contribution < -0.4 is 10.9 Å². The summed E-state index contributed by atoms with van der Waals surface area (Å²) >= 11 is 1.25. The van der Waals surface area contributed by atoms with Crippen LogP contribution in [-0.2, 0) is 11.8 Å². The fourth-order valence-electron chi connectivity index (χ4n) is 2.57. The predicted octanol–water partition coefficient (Wildman–Crippen LogP) is 2.83. The lowest BCUT2D eigenvalue weighted by Gasteiger charge is -2.16. The van der Waals surface area contributed by atoms with E-state index >= 15 is 0 Å². The Bertz CT molecular complexity index is 1010. The van der Waals surface area contributed by atoms with Crippen LogP contribution >= 0.6 is 11.8 Å². The van der Waals surface area contributed by atoms with Crippen molar-refractivity contribution < 1.29 is 4.79 Å². The molecule has 0 radical (unpaired) electrons. The molecule has 2 aromatic heterocycles. The summed E-state index contributed by atoms with van der Waals surface area (Å²) in [6.07, 6.45) is 1.65. The van der Waals surface area contributed by atoms with Crippen LogP contribution in [-0.4, -0.2) is 30.5 Å². The zero-order valence-electron chi connectivity index (χ0n) is 15.1. The quantitative estimate of drug-likeness (QED) is 0.551. The maximum Gasteiger partial charge on any atom is 0.261 e. The second-order valence-electron chi connectivity index (χ2n) is 6.28. The fraction of sp³-hybridized carbons (Fsp3) is 0.333. The lowest BCUT2D eigenvalue weighted by Crippen LogP contribution is -2.26. The van der Waals surface area contributed by atoms with E-state index in [1.54, 1.807) is 43.0 Å². The molecule has 0 saturated heterocycles. The van der Waals surface area contributed by atoms with Crippen molar-refractivity contribution in [3.63, 3.8) is 0 Å². The largest absolute Gasteiger partial charge is 0.310 e. The van der Waals surface area contributed by atoms with E-state index < -0.39 is 5.25 Å². The number of carbonyl (C=O) groups excluding carboxylic acids is 1. The van der Waals surface area contributed by atoms with Crippen LogP contribution in [0.4, 0.5) is 5.82 Å². The number of anilines is 1. The van der Waals surface area contributed by atoms with Gasteiger partial charge < -0.3 is 5.32 Å². The Hall–Kier alpha value is -2.61. The molecule has 8 heteroatoms. The van der Waals surface area contributed by atoms with Gasteiger partial charge in [-0.1, -0.05) is 23.9 Å². The van der Waals surface area contributed by atoms with Crippen LogP contribution in [0.25, 0.3) is 10.9 Å². The standard InChI is InChI=1S/C18H21N5O2S/c1-11(2)23-15(9-10-19-23)21-16(24)12(3)26-18-20-14-8-6-5-7-13(14)17(25)22(18)4/h5-12H,1-4H3,(H,21,24). The minimum Gasteiger partial charge on any atom is -0.310 e. The topological polar surface area (TPSA) is 81.8 Å². The summed E-state index contributed by atoms with van der Waals surface area (Å²) in [6.45, 7) is 5.78. The first-order valence-corrected chi connectivity index (χ1v) is 9.23. The van der Waals surface area contributed by atoms with Gasteiger partial charge in [0.15, 0.2) is 5.16 Å². The van der Waals surface area contributed by atoms with E-state index in [1.165, 1.54) is 16.3 Å². The molecule has 3 aromatic rings. The monoisotopic (exact) mass is 371 g/mol. The van der Waals surface area contributed by atoms with Crippen molar-refractivity contribution >= 4 is 34.4 Å². The zero-order chi connectivity index (χ0) is 18.8. The van der Waals surface area contributed by atoms with Crippen molar-refractivity contribution in [2.45, 2.75) is 37.2 Å². The maximum absolute atomic E-state index is 12.6. The van der Waals surface area contributed by atoms with E-state index in [1.807, 2.05) is 26.0 Å². The summed E-state index contributed by atoms with van der Waals surface area (Å²) in [4.78, 5) is 29.6. The van der Waals surface area contributed by atoms with Gasteiger partial charge in [0.1, 0.15) is 5.82 Å². The highest BCUT2D eigenvalue weighted by Gasteiger charge is 2.20. The molecule has 2 heterocycles. The van der Waals surface area contributed by atoms with Crippen LogP contribution in [0.1, 0.15) is 26.8 Å². The van der Waals surface area contributed by atoms with Gasteiger partial charge in [-0.15, -0.1) is 0 Å². The zero-order valence-corrected chi connectivity index (χ0v) is 15.9. The average molecular weight is 371 g/mol. The number of hydrogen-bond acceptors (Lipinski definition) is 5. The van der Waals surface area contributed by atoms with Gasteiger partial charge in [0, 0.05) is 19.2 Å². The molecule has 1 aromatic carbocycles. The van der Waals surface area contributed by atoms with Crippen molar-refractivity contribution in [2.75, 3.05) is 5.32 Å². The highest BCUT2D eigenvalue weighted by molar-refractivity contribution is 8.00. The van der Waals surface area contributed by atoms with Gasteiger partial charge >= 0.3 is 0 Å². The number of nitrogens with zero attached hydrogens (tertiary/aromatic N) is 4. The predicted molar refractivity (Wildman–Crippen MR) is 104 cm³/mol. The first kappa shape index (κ1) is 18.2. The van der Waals surface area contributed by atoms with Crippen LogP contribution in [0.3, 0.4) is 0 Å². The molecule has 0 saturated carbocycles. The Morgan fingerprint density at radius 3 is 2.65 bits per heavy atom. The molecule has 0 aliphatic heterocycles. The number of nitrogens with one attached hydrogen (secondary N) is 1. The minimum atomic E-state index is -0.426. The van der Waals surface area contributed by atoms with Gasteiger partial charge in [-0.05, 0) is 32.9 Å². The van der Waals surface area contributed by atoms with Crippen LogP contribution in [0, 0.1) is 0 Å². The fourth-order valence-corrected chi connectivity index (χ4v) is 3.44. The smallest absolute Gasteiger partial charge is 0.261 e. The Morgan fingerprint density at radius 2 is 1.92 bits per heavy atom. The number of thioether (sulfide) groups is 1. The van der Waals surface area contributed by atoms with Crippen LogP contribution in [0.15, 0.2) is 46.5 Å². The van der Waals surface area contributed by atoms with E-state index in [0.29, 0.717) is 21.9 Å². The lowest BCUT2D eigenvalue weighted by molar-refractivity contribution is -0.115. The van der Waals surface area contributed by atoms with Gasteiger partial charge in [0.25, 0.3) is 5.56 Å². The Morgan fingerprint density at radius 1 is 1.19 bits per heavy atom. The van der Waals surface area contributed by atoms with Crippen molar-refractivity contribution in [2.24, 2.45) is 7.05 Å². The summed E-state index contributed by atoms with van der Waals surface area (Å²) in [6, 6.07) is 9.11. The van der Waals surface area contributed by atoms with Crippen molar-refractivity contribution in [3.8, 4) is 0 Å². The van der Waals surface area contributed by atoms with Gasteiger partial charge in [-0.2, -0.15) is 5.10 Å². The third-order valence-electron chi connectivity index (χ3n) is 4.00. The first-order chi connectivity index (χ1) is 12.4. The third-order valence-corrected chi connectivity index (χ3v) is 5.15. The van der Waals surface area contributed by atoms with E-state index in [4.69, 9.17) is 0 Å². The van der Waals surface area contributed by atoms with Crippen LogP contribution in [0.5, 0.6) is 0 Å². The third kappa shape index (κ3) is 3.50. The number of rotatable bonds is 5. The molecule has 0 aliphatic carbocycles. The molecule has 1 atom stereocenters. The number of para-hydroxylation sites is 1. The average Bonchev–Trinajstić information content (AvgIpc) is 3.07. The normalized spacial score (nSPS) is 12.5. The highest BCUT2D eigenvalue weighted by atomic mass is 32.2. The second-order valence-corrected chi connectivity index (χ2v) is 7.59. The molecule has 0 fully saturated rings. The first-order valence-electron chi connectivity index (χ1n) is 8.35. The number of carbonyl (C=O) groups is 1. The van der Waals surface area contributed by atoms with E-state index in [-0.39, 0.29) is 17.5 Å². The molecule has 0 spiro atoms. The molecule has 1 amide bonds. The van der Waals surface area contributed by atoms with Crippen LogP contribution in [0.2, 0.25) is 0 Å². The van der Waals surface area contributed by atoms with E-state index in [2.05, 4.69) is 15.4 Å². The van der Waals surface area contributed by atoms with Gasteiger partial charge in [-0.25, -0.2) is 9.67 Å². The lowest BCUT2D eigenvalue weighted by atomic mass is 10.2. The summed E-state index contributed by atoms with van der Waals surface area (Å²) in [5.74, 6) is 0.484. The maximum atomic E-state index is 12.6. The molecule has 1 unspecified atom stereocenters. The Kier molecular flexibility index (Phi) is 5.13. The summed E-state index contributed by atoms with van der Waals surface area (Å²) in [7, 11) is 1.67. The molecule has 1 N–H and O–H groups in total. The molecule has 7 nitrogen and oxygen atoms in total. The van der Waals surface area contributed by atoms with Crippen molar-refractivity contribution in [1.82, 2.24) is 19.3 Å². The highest BCUT2D eigenvalue weighted by Crippen LogP contribution is 2.23. The summed E-state index contributed by atoms with van der Waals surface area (Å²) < 4.78 is 3.23. The Labute approximate surface area is 155 Å². The summed E-state index contributed by atoms with van der Waals surface area (Å²) in [5, 5.41) is 7.75. The molecule has 136 valence electrons. The number of fused-ring (bicyclic) bond motifs is 1. The number of amides is 1. The molecule has 3 rings (SSSR count). The second kappa shape index (κ2) is 7.33. The number of hydrogen-bond donors (Lipinski definition) is 1. The van der Waals surface area contributed by atoms with E-state index in [0.717, 1.165) is 0 Å². The van der Waals surface area contributed by atoms with Crippen molar-refractivity contribution in [3.05, 3.63) is 46.9 Å². The molecule has 26 heavy (non-hydrogen) atoms. The SMILES string of the molecule is CC(Sc1nc2ccccc2c(=O)n1C)C(=O)Nc1ccnn1C(C)C. The van der Waals surface area contributed by atoms with Gasteiger partial charge in [0.05, 0.1) is 22.3 Å².